The second-order valence-corrected chi connectivity index (χ2v) is 3.29. The monoisotopic (exact) mass is 169 g/mol. The van der Waals surface area contributed by atoms with Gasteiger partial charge in [0.25, 0.3) is 0 Å². The SMILES string of the molecule is CCCCNc1s[c]nc1C. The van der Waals surface area contributed by atoms with Gasteiger partial charge in [0, 0.05) is 6.54 Å². The normalized spacial score (nSPS) is 10.0. The maximum atomic E-state index is 4.03. The molecule has 1 heterocycles. The lowest BCUT2D eigenvalue weighted by molar-refractivity contribution is 0.835. The summed E-state index contributed by atoms with van der Waals surface area (Å²) in [5.41, 5.74) is 3.92. The van der Waals surface area contributed by atoms with E-state index in [0.717, 1.165) is 12.2 Å². The molecular weight excluding hydrogens is 156 g/mol. The van der Waals surface area contributed by atoms with Crippen LogP contribution in [-0.4, -0.2) is 11.5 Å². The summed E-state index contributed by atoms with van der Waals surface area (Å²) >= 11 is 1.55. The minimum absolute atomic E-state index is 1.05. The lowest BCUT2D eigenvalue weighted by Gasteiger charge is -2.01. The van der Waals surface area contributed by atoms with Gasteiger partial charge in [-0.15, -0.1) is 0 Å². The Kier molecular flexibility index (Phi) is 3.36. The minimum Gasteiger partial charge on any atom is -0.375 e. The molecule has 0 spiro atoms. The molecule has 11 heavy (non-hydrogen) atoms. The van der Waals surface area contributed by atoms with Crippen LogP contribution in [0.25, 0.3) is 0 Å². The fourth-order valence-electron chi connectivity index (χ4n) is 0.804. The van der Waals surface area contributed by atoms with Gasteiger partial charge in [-0.05, 0) is 13.3 Å². The fraction of sp³-hybridized carbons (Fsp3) is 0.625. The zero-order valence-corrected chi connectivity index (χ0v) is 7.79. The Morgan fingerprint density at radius 3 is 3.00 bits per heavy atom. The van der Waals surface area contributed by atoms with Crippen molar-refractivity contribution >= 4 is 16.3 Å². The molecule has 0 aliphatic carbocycles. The smallest absolute Gasteiger partial charge is 0.154 e. The van der Waals surface area contributed by atoms with Gasteiger partial charge in [0.2, 0.25) is 0 Å². The molecule has 0 bridgehead atoms. The van der Waals surface area contributed by atoms with E-state index in [2.05, 4.69) is 22.7 Å². The first kappa shape index (κ1) is 8.53. The van der Waals surface area contributed by atoms with Crippen molar-refractivity contribution in [1.82, 2.24) is 4.98 Å². The number of nitrogens with one attached hydrogen (secondary N) is 1. The van der Waals surface area contributed by atoms with Crippen LogP contribution in [0.3, 0.4) is 0 Å². The predicted molar refractivity (Wildman–Crippen MR) is 49.1 cm³/mol. The van der Waals surface area contributed by atoms with Gasteiger partial charge in [-0.1, -0.05) is 24.7 Å². The number of hydrogen-bond donors (Lipinski definition) is 1. The van der Waals surface area contributed by atoms with Gasteiger partial charge in [0.05, 0.1) is 5.69 Å². The van der Waals surface area contributed by atoms with Crippen LogP contribution in [0.4, 0.5) is 5.00 Å². The summed E-state index contributed by atoms with van der Waals surface area (Å²) in [6.07, 6.45) is 2.45. The molecule has 1 radical (unpaired) electrons. The first-order chi connectivity index (χ1) is 5.34. The Labute approximate surface area is 71.7 Å². The van der Waals surface area contributed by atoms with Crippen molar-refractivity contribution in [3.8, 4) is 0 Å². The number of nitrogens with zero attached hydrogens (tertiary/aromatic N) is 1. The van der Waals surface area contributed by atoms with Gasteiger partial charge in [-0.2, -0.15) is 0 Å². The first-order valence-corrected chi connectivity index (χ1v) is 4.73. The van der Waals surface area contributed by atoms with Gasteiger partial charge in [0.1, 0.15) is 5.00 Å². The summed E-state index contributed by atoms with van der Waals surface area (Å²) in [6, 6.07) is 0. The molecule has 1 aromatic heterocycles. The van der Waals surface area contributed by atoms with Gasteiger partial charge in [0.15, 0.2) is 5.51 Å². The Balaban J connectivity index is 2.32. The highest BCUT2D eigenvalue weighted by atomic mass is 32.1. The molecule has 2 nitrogen and oxygen atoms in total. The topological polar surface area (TPSA) is 24.9 Å². The van der Waals surface area contributed by atoms with Crippen molar-refractivity contribution in [2.45, 2.75) is 26.7 Å². The zero-order chi connectivity index (χ0) is 8.10. The van der Waals surface area contributed by atoms with Crippen LogP contribution in [0.15, 0.2) is 0 Å². The number of unbranched alkanes of at least 4 members (excludes halogenated alkanes) is 1. The summed E-state index contributed by atoms with van der Waals surface area (Å²) in [6.45, 7) is 5.24. The number of thiazole rings is 1. The van der Waals surface area contributed by atoms with E-state index >= 15 is 0 Å². The lowest BCUT2D eigenvalue weighted by Crippen LogP contribution is -1.99. The molecule has 3 heteroatoms. The maximum absolute atomic E-state index is 4.03. The standard InChI is InChI=1S/C8H13N2S/c1-3-4-5-9-8-7(2)10-6-11-8/h9H,3-5H2,1-2H3. The average Bonchev–Trinajstić information content (AvgIpc) is 2.37. The van der Waals surface area contributed by atoms with E-state index in [1.807, 2.05) is 6.92 Å². The van der Waals surface area contributed by atoms with Crippen LogP contribution in [0.2, 0.25) is 0 Å². The molecule has 1 rings (SSSR count). The fourth-order valence-corrected chi connectivity index (χ4v) is 1.45. The molecule has 0 amide bonds. The molecule has 0 aliphatic heterocycles. The highest BCUT2D eigenvalue weighted by Crippen LogP contribution is 2.17. The van der Waals surface area contributed by atoms with Gasteiger partial charge in [-0.3, -0.25) is 0 Å². The molecule has 1 aromatic rings. The van der Waals surface area contributed by atoms with Crippen LogP contribution in [-0.2, 0) is 0 Å². The van der Waals surface area contributed by atoms with Crippen molar-refractivity contribution in [3.63, 3.8) is 0 Å². The number of hydrogen-bond acceptors (Lipinski definition) is 3. The molecule has 0 aromatic carbocycles. The van der Waals surface area contributed by atoms with Crippen molar-refractivity contribution < 1.29 is 0 Å². The second kappa shape index (κ2) is 4.34. The average molecular weight is 169 g/mol. The summed E-state index contributed by atoms with van der Waals surface area (Å²) in [5.74, 6) is 0. The van der Waals surface area contributed by atoms with Crippen molar-refractivity contribution in [1.29, 1.82) is 0 Å². The van der Waals surface area contributed by atoms with Crippen molar-refractivity contribution in [3.05, 3.63) is 11.2 Å². The number of aryl methyl sites for hydroxylation is 1. The van der Waals surface area contributed by atoms with Gasteiger partial charge in [-0.25, -0.2) is 4.98 Å². The van der Waals surface area contributed by atoms with E-state index in [1.165, 1.54) is 17.8 Å². The predicted octanol–water partition coefficient (Wildman–Crippen LogP) is 2.46. The zero-order valence-electron chi connectivity index (χ0n) is 6.98. The first-order valence-electron chi connectivity index (χ1n) is 3.92. The van der Waals surface area contributed by atoms with E-state index < -0.39 is 0 Å². The highest BCUT2D eigenvalue weighted by molar-refractivity contribution is 7.13. The maximum Gasteiger partial charge on any atom is 0.154 e. The van der Waals surface area contributed by atoms with Crippen molar-refractivity contribution in [2.75, 3.05) is 11.9 Å². The number of aromatic nitrogens is 1. The third kappa shape index (κ3) is 2.50. The Hall–Kier alpha value is -0.570. The molecule has 0 atom stereocenters. The minimum atomic E-state index is 1.05. The summed E-state index contributed by atoms with van der Waals surface area (Å²) in [7, 11) is 0. The second-order valence-electron chi connectivity index (χ2n) is 2.50. The Morgan fingerprint density at radius 2 is 2.45 bits per heavy atom. The van der Waals surface area contributed by atoms with Crippen LogP contribution in [0.5, 0.6) is 0 Å². The molecule has 61 valence electrons. The quantitative estimate of drug-likeness (QED) is 0.700. The molecule has 0 unspecified atom stereocenters. The number of anilines is 1. The van der Waals surface area contributed by atoms with Gasteiger partial charge < -0.3 is 5.32 Å². The summed E-state index contributed by atoms with van der Waals surface area (Å²) < 4.78 is 0. The number of rotatable bonds is 4. The van der Waals surface area contributed by atoms with Crippen molar-refractivity contribution in [2.24, 2.45) is 0 Å². The Bertz CT molecular complexity index is 208. The molecule has 0 saturated carbocycles. The van der Waals surface area contributed by atoms with Gasteiger partial charge >= 0.3 is 0 Å². The van der Waals surface area contributed by atoms with Crippen LogP contribution in [0.1, 0.15) is 25.5 Å². The molecule has 0 saturated heterocycles. The van der Waals surface area contributed by atoms with E-state index in [0.29, 0.717) is 0 Å². The third-order valence-electron chi connectivity index (χ3n) is 1.51. The Morgan fingerprint density at radius 1 is 1.64 bits per heavy atom. The summed E-state index contributed by atoms with van der Waals surface area (Å²) in [5, 5.41) is 4.48. The van der Waals surface area contributed by atoms with E-state index in [9.17, 15) is 0 Å². The summed E-state index contributed by atoms with van der Waals surface area (Å²) in [4.78, 5) is 4.03. The molecule has 0 aliphatic rings. The van der Waals surface area contributed by atoms with E-state index in [4.69, 9.17) is 0 Å². The van der Waals surface area contributed by atoms with Crippen LogP contribution >= 0.6 is 11.3 Å². The largest absolute Gasteiger partial charge is 0.375 e. The van der Waals surface area contributed by atoms with E-state index in [1.54, 1.807) is 11.3 Å². The van der Waals surface area contributed by atoms with E-state index in [-0.39, 0.29) is 0 Å². The van der Waals surface area contributed by atoms with Crippen LogP contribution < -0.4 is 5.32 Å². The molecule has 0 fully saturated rings. The molecule has 1 N–H and O–H groups in total. The third-order valence-corrected chi connectivity index (χ3v) is 2.33. The van der Waals surface area contributed by atoms with Crippen LogP contribution in [0, 0.1) is 12.4 Å². The highest BCUT2D eigenvalue weighted by Gasteiger charge is 1.98. The lowest BCUT2D eigenvalue weighted by atomic mass is 10.3. The molecular formula is C8H13N2S.